The van der Waals surface area contributed by atoms with E-state index in [-0.39, 0.29) is 17.4 Å². The number of carboxylic acids is 1. The van der Waals surface area contributed by atoms with E-state index in [2.05, 4.69) is 5.32 Å². The Morgan fingerprint density at radius 3 is 2.67 bits per heavy atom. The molecule has 1 aromatic carbocycles. The number of carboxylic acid groups (broad SMARTS) is 1. The molecule has 1 rings (SSSR count). The first kappa shape index (κ1) is 14.9. The SMILES string of the molecule is CCCC(C)C(=O)Nc1ccc(I)cc1C(=O)O. The van der Waals surface area contributed by atoms with Gasteiger partial charge in [-0.2, -0.15) is 0 Å². The van der Waals surface area contributed by atoms with Gasteiger partial charge in [-0.25, -0.2) is 4.79 Å². The molecule has 98 valence electrons. The van der Waals surface area contributed by atoms with Gasteiger partial charge >= 0.3 is 5.97 Å². The van der Waals surface area contributed by atoms with Gasteiger partial charge in [0.05, 0.1) is 11.3 Å². The summed E-state index contributed by atoms with van der Waals surface area (Å²) >= 11 is 2.04. The highest BCUT2D eigenvalue weighted by Crippen LogP contribution is 2.20. The number of nitrogens with one attached hydrogen (secondary N) is 1. The van der Waals surface area contributed by atoms with Crippen molar-refractivity contribution in [3.63, 3.8) is 0 Å². The van der Waals surface area contributed by atoms with Crippen LogP contribution in [0.5, 0.6) is 0 Å². The molecule has 0 aromatic heterocycles. The first-order valence-corrected chi connectivity index (χ1v) is 6.87. The molecule has 0 bridgehead atoms. The largest absolute Gasteiger partial charge is 0.478 e. The maximum absolute atomic E-state index is 11.9. The quantitative estimate of drug-likeness (QED) is 0.791. The van der Waals surface area contributed by atoms with Crippen molar-refractivity contribution in [3.05, 3.63) is 27.3 Å². The first-order chi connectivity index (χ1) is 8.45. The second-order valence-corrected chi connectivity index (χ2v) is 5.42. The average Bonchev–Trinajstić information content (AvgIpc) is 2.31. The van der Waals surface area contributed by atoms with Crippen molar-refractivity contribution in [2.24, 2.45) is 5.92 Å². The maximum atomic E-state index is 11.9. The number of rotatable bonds is 5. The van der Waals surface area contributed by atoms with Crippen molar-refractivity contribution >= 4 is 40.2 Å². The van der Waals surface area contributed by atoms with E-state index < -0.39 is 5.97 Å². The van der Waals surface area contributed by atoms with Gasteiger partial charge in [-0.15, -0.1) is 0 Å². The molecule has 0 saturated carbocycles. The van der Waals surface area contributed by atoms with E-state index in [4.69, 9.17) is 5.11 Å². The molecule has 1 unspecified atom stereocenters. The summed E-state index contributed by atoms with van der Waals surface area (Å²) in [4.78, 5) is 23.0. The van der Waals surface area contributed by atoms with Gasteiger partial charge in [-0.1, -0.05) is 20.3 Å². The van der Waals surface area contributed by atoms with Crippen LogP contribution < -0.4 is 5.32 Å². The zero-order chi connectivity index (χ0) is 13.7. The fourth-order valence-corrected chi connectivity index (χ4v) is 2.11. The van der Waals surface area contributed by atoms with E-state index >= 15 is 0 Å². The van der Waals surface area contributed by atoms with Gasteiger partial charge in [-0.3, -0.25) is 4.79 Å². The molecular formula is C13H16INO3. The highest BCUT2D eigenvalue weighted by Gasteiger charge is 2.16. The smallest absolute Gasteiger partial charge is 0.337 e. The predicted octanol–water partition coefficient (Wildman–Crippen LogP) is 3.36. The summed E-state index contributed by atoms with van der Waals surface area (Å²) in [6, 6.07) is 4.94. The van der Waals surface area contributed by atoms with Crippen molar-refractivity contribution in [3.8, 4) is 0 Å². The molecule has 0 saturated heterocycles. The summed E-state index contributed by atoms with van der Waals surface area (Å²) in [6.45, 7) is 3.85. The number of carbonyl (C=O) groups is 2. The molecule has 2 N–H and O–H groups in total. The molecule has 0 aliphatic rings. The Bertz CT molecular complexity index is 460. The maximum Gasteiger partial charge on any atom is 0.337 e. The van der Waals surface area contributed by atoms with Gasteiger partial charge in [0, 0.05) is 9.49 Å². The Morgan fingerprint density at radius 2 is 2.11 bits per heavy atom. The van der Waals surface area contributed by atoms with Gasteiger partial charge in [-0.05, 0) is 47.2 Å². The van der Waals surface area contributed by atoms with E-state index in [1.54, 1.807) is 18.2 Å². The molecule has 0 heterocycles. The molecule has 4 nitrogen and oxygen atoms in total. The van der Waals surface area contributed by atoms with Crippen molar-refractivity contribution in [1.82, 2.24) is 0 Å². The highest BCUT2D eigenvalue weighted by atomic mass is 127. The molecular weight excluding hydrogens is 345 g/mol. The van der Waals surface area contributed by atoms with Crippen molar-refractivity contribution in [2.75, 3.05) is 5.32 Å². The third kappa shape index (κ3) is 3.97. The summed E-state index contributed by atoms with van der Waals surface area (Å²) in [6.07, 6.45) is 1.71. The molecule has 18 heavy (non-hydrogen) atoms. The lowest BCUT2D eigenvalue weighted by atomic mass is 10.0. The van der Waals surface area contributed by atoms with E-state index in [1.807, 2.05) is 36.4 Å². The number of benzene rings is 1. The number of aromatic carboxylic acids is 1. The minimum atomic E-state index is -1.04. The van der Waals surface area contributed by atoms with Gasteiger partial charge in [0.25, 0.3) is 0 Å². The molecule has 0 aliphatic heterocycles. The summed E-state index contributed by atoms with van der Waals surface area (Å²) in [7, 11) is 0. The summed E-state index contributed by atoms with van der Waals surface area (Å²) in [5.74, 6) is -1.29. The van der Waals surface area contributed by atoms with Gasteiger partial charge in [0.15, 0.2) is 0 Å². The van der Waals surface area contributed by atoms with Crippen molar-refractivity contribution < 1.29 is 14.7 Å². The predicted molar refractivity (Wildman–Crippen MR) is 78.8 cm³/mol. The van der Waals surface area contributed by atoms with E-state index in [9.17, 15) is 9.59 Å². The van der Waals surface area contributed by atoms with Crippen molar-refractivity contribution in [2.45, 2.75) is 26.7 Å². The van der Waals surface area contributed by atoms with E-state index in [1.165, 1.54) is 0 Å². The lowest BCUT2D eigenvalue weighted by molar-refractivity contribution is -0.119. The number of carbonyl (C=O) groups excluding carboxylic acids is 1. The molecule has 1 amide bonds. The Kier molecular flexibility index (Phi) is 5.58. The second-order valence-electron chi connectivity index (χ2n) is 4.17. The van der Waals surface area contributed by atoms with Crippen molar-refractivity contribution in [1.29, 1.82) is 0 Å². The zero-order valence-corrected chi connectivity index (χ0v) is 12.5. The molecule has 0 spiro atoms. The lowest BCUT2D eigenvalue weighted by Crippen LogP contribution is -2.21. The second kappa shape index (κ2) is 6.72. The standard InChI is InChI=1S/C13H16INO3/c1-3-4-8(2)12(16)15-11-6-5-9(14)7-10(11)13(17)18/h5-8H,3-4H2,1-2H3,(H,15,16)(H,17,18). The van der Waals surface area contributed by atoms with E-state index in [0.29, 0.717) is 5.69 Å². The van der Waals surface area contributed by atoms with E-state index in [0.717, 1.165) is 16.4 Å². The first-order valence-electron chi connectivity index (χ1n) is 5.79. The van der Waals surface area contributed by atoms with Crippen LogP contribution in [0.4, 0.5) is 5.69 Å². The highest BCUT2D eigenvalue weighted by molar-refractivity contribution is 14.1. The minimum absolute atomic E-state index is 0.115. The van der Waals surface area contributed by atoms with Crippen LogP contribution in [0.15, 0.2) is 18.2 Å². The van der Waals surface area contributed by atoms with Gasteiger partial charge < -0.3 is 10.4 Å². The van der Waals surface area contributed by atoms with Crippen LogP contribution in [0.1, 0.15) is 37.0 Å². The summed E-state index contributed by atoms with van der Waals surface area (Å²) in [5, 5.41) is 11.8. The fourth-order valence-electron chi connectivity index (χ4n) is 1.62. The van der Waals surface area contributed by atoms with Gasteiger partial charge in [0.1, 0.15) is 0 Å². The Balaban J connectivity index is 2.90. The van der Waals surface area contributed by atoms with Crippen LogP contribution >= 0.6 is 22.6 Å². The Hall–Kier alpha value is -1.11. The van der Waals surface area contributed by atoms with Crippen LogP contribution in [0.3, 0.4) is 0 Å². The number of hydrogen-bond donors (Lipinski definition) is 2. The van der Waals surface area contributed by atoms with Crippen LogP contribution in [0.2, 0.25) is 0 Å². The minimum Gasteiger partial charge on any atom is -0.478 e. The monoisotopic (exact) mass is 361 g/mol. The average molecular weight is 361 g/mol. The number of anilines is 1. The zero-order valence-electron chi connectivity index (χ0n) is 10.4. The van der Waals surface area contributed by atoms with Crippen LogP contribution in [0, 0.1) is 9.49 Å². The molecule has 0 aliphatic carbocycles. The number of hydrogen-bond acceptors (Lipinski definition) is 2. The number of halogens is 1. The Labute approximate surface area is 120 Å². The summed E-state index contributed by atoms with van der Waals surface area (Å²) < 4.78 is 0.824. The molecule has 0 radical (unpaired) electrons. The fraction of sp³-hybridized carbons (Fsp3) is 0.385. The molecule has 5 heteroatoms. The van der Waals surface area contributed by atoms with Gasteiger partial charge in [0.2, 0.25) is 5.91 Å². The van der Waals surface area contributed by atoms with Crippen LogP contribution in [-0.2, 0) is 4.79 Å². The molecule has 1 atom stereocenters. The lowest BCUT2D eigenvalue weighted by Gasteiger charge is -2.13. The number of amides is 1. The summed E-state index contributed by atoms with van der Waals surface area (Å²) in [5.41, 5.74) is 0.481. The van der Waals surface area contributed by atoms with Crippen LogP contribution in [-0.4, -0.2) is 17.0 Å². The third-order valence-corrected chi connectivity index (χ3v) is 3.31. The topological polar surface area (TPSA) is 66.4 Å². The normalized spacial score (nSPS) is 11.9. The molecule has 1 aromatic rings. The Morgan fingerprint density at radius 1 is 1.44 bits per heavy atom. The third-order valence-electron chi connectivity index (χ3n) is 2.64. The molecule has 0 fully saturated rings. The van der Waals surface area contributed by atoms with Crippen LogP contribution in [0.25, 0.3) is 0 Å².